The van der Waals surface area contributed by atoms with Crippen LogP contribution in [-0.4, -0.2) is 35.0 Å². The minimum absolute atomic E-state index is 0.0802. The van der Waals surface area contributed by atoms with Crippen LogP contribution in [0.3, 0.4) is 0 Å². The average Bonchev–Trinajstić information content (AvgIpc) is 3.17. The molecule has 0 atom stereocenters. The molecule has 2 aromatic carbocycles. The molecular weight excluding hydrogens is 434 g/mol. The molecule has 0 saturated carbocycles. The molecule has 158 valence electrons. The predicted molar refractivity (Wildman–Crippen MR) is 122 cm³/mol. The fourth-order valence-corrected chi connectivity index (χ4v) is 4.63. The van der Waals surface area contributed by atoms with Gasteiger partial charge in [0, 0.05) is 24.1 Å². The van der Waals surface area contributed by atoms with Gasteiger partial charge in [-0.25, -0.2) is 18.4 Å². The molecule has 0 aliphatic rings. The van der Waals surface area contributed by atoms with Gasteiger partial charge in [0.15, 0.2) is 5.16 Å². The highest BCUT2D eigenvalue weighted by molar-refractivity contribution is 7.99. The van der Waals surface area contributed by atoms with Crippen LogP contribution in [-0.2, 0) is 14.8 Å². The van der Waals surface area contributed by atoms with Crippen LogP contribution in [0.1, 0.15) is 6.42 Å². The van der Waals surface area contributed by atoms with E-state index in [2.05, 4.69) is 25.0 Å². The minimum Gasteiger partial charge on any atom is -0.333 e. The Morgan fingerprint density at radius 2 is 1.77 bits per heavy atom. The van der Waals surface area contributed by atoms with Crippen molar-refractivity contribution in [3.63, 3.8) is 0 Å². The number of hydrogen-bond donors (Lipinski definition) is 3. The van der Waals surface area contributed by atoms with E-state index < -0.39 is 10.0 Å². The van der Waals surface area contributed by atoms with Gasteiger partial charge in [0.2, 0.25) is 5.91 Å². The number of imidazole rings is 1. The summed E-state index contributed by atoms with van der Waals surface area (Å²) in [5.74, 6) is 0.638. The number of benzene rings is 2. The van der Waals surface area contributed by atoms with Gasteiger partial charge in [0.1, 0.15) is 5.82 Å². The van der Waals surface area contributed by atoms with E-state index in [0.717, 1.165) is 16.2 Å². The number of amides is 1. The van der Waals surface area contributed by atoms with Crippen molar-refractivity contribution in [1.82, 2.24) is 15.0 Å². The maximum atomic E-state index is 12.4. The number of rotatable bonds is 8. The summed E-state index contributed by atoms with van der Waals surface area (Å²) in [5.41, 5.74) is 2.37. The van der Waals surface area contributed by atoms with Crippen molar-refractivity contribution < 1.29 is 13.2 Å². The molecule has 4 aromatic rings. The van der Waals surface area contributed by atoms with Crippen molar-refractivity contribution in [1.29, 1.82) is 0 Å². The molecule has 0 saturated heterocycles. The molecule has 3 N–H and O–H groups in total. The van der Waals surface area contributed by atoms with E-state index in [-0.39, 0.29) is 16.6 Å². The molecule has 4 rings (SSSR count). The fraction of sp³-hybridized carbons (Fsp3) is 0.0952. The maximum absolute atomic E-state index is 12.4. The normalized spacial score (nSPS) is 11.4. The zero-order chi connectivity index (χ0) is 21.7. The summed E-state index contributed by atoms with van der Waals surface area (Å²) in [7, 11) is -3.75. The van der Waals surface area contributed by atoms with Crippen LogP contribution in [0.4, 0.5) is 11.5 Å². The lowest BCUT2D eigenvalue weighted by atomic mass is 10.3. The second kappa shape index (κ2) is 9.19. The molecule has 0 unspecified atom stereocenters. The number of carbonyl (C=O) groups excluding carboxylic acids is 1. The smallest absolute Gasteiger partial charge is 0.263 e. The maximum Gasteiger partial charge on any atom is 0.263 e. The van der Waals surface area contributed by atoms with Crippen LogP contribution in [0.5, 0.6) is 0 Å². The molecule has 1 amide bonds. The molecule has 0 bridgehead atoms. The predicted octanol–water partition coefficient (Wildman–Crippen LogP) is 3.88. The first-order valence-electron chi connectivity index (χ1n) is 9.41. The summed E-state index contributed by atoms with van der Waals surface area (Å²) in [5, 5.41) is 3.54. The Hall–Kier alpha value is -3.37. The number of pyridine rings is 1. The fourth-order valence-electron chi connectivity index (χ4n) is 2.80. The van der Waals surface area contributed by atoms with E-state index in [0.29, 0.717) is 17.9 Å². The highest BCUT2D eigenvalue weighted by Crippen LogP contribution is 2.21. The van der Waals surface area contributed by atoms with Crippen LogP contribution in [0.25, 0.3) is 11.0 Å². The lowest BCUT2D eigenvalue weighted by Crippen LogP contribution is -2.15. The van der Waals surface area contributed by atoms with Gasteiger partial charge in [-0.05, 0) is 48.5 Å². The van der Waals surface area contributed by atoms with Gasteiger partial charge in [-0.1, -0.05) is 30.0 Å². The molecule has 0 radical (unpaired) electrons. The largest absolute Gasteiger partial charge is 0.333 e. The van der Waals surface area contributed by atoms with Gasteiger partial charge in [-0.2, -0.15) is 0 Å². The minimum atomic E-state index is -3.75. The van der Waals surface area contributed by atoms with Crippen molar-refractivity contribution in [2.45, 2.75) is 16.5 Å². The molecule has 0 aliphatic carbocycles. The van der Waals surface area contributed by atoms with Crippen molar-refractivity contribution in [3.05, 3.63) is 72.9 Å². The first-order valence-corrected chi connectivity index (χ1v) is 11.9. The highest BCUT2D eigenvalue weighted by Gasteiger charge is 2.15. The zero-order valence-corrected chi connectivity index (χ0v) is 17.9. The number of hydrogen-bond acceptors (Lipinski definition) is 6. The van der Waals surface area contributed by atoms with Gasteiger partial charge in [0.25, 0.3) is 10.0 Å². The van der Waals surface area contributed by atoms with Crippen LogP contribution in [0, 0.1) is 0 Å². The number of anilines is 2. The highest BCUT2D eigenvalue weighted by atomic mass is 32.2. The Morgan fingerprint density at radius 3 is 2.52 bits per heavy atom. The van der Waals surface area contributed by atoms with Gasteiger partial charge in [-0.3, -0.25) is 9.52 Å². The monoisotopic (exact) mass is 453 g/mol. The lowest BCUT2D eigenvalue weighted by molar-refractivity contribution is -0.115. The molecule has 10 heteroatoms. The second-order valence-electron chi connectivity index (χ2n) is 6.55. The average molecular weight is 454 g/mol. The summed E-state index contributed by atoms with van der Waals surface area (Å²) in [6, 6.07) is 18.7. The Morgan fingerprint density at radius 1 is 1.00 bits per heavy atom. The van der Waals surface area contributed by atoms with Crippen LogP contribution in [0.2, 0.25) is 0 Å². The number of para-hydroxylation sites is 2. The number of thioether (sulfide) groups is 1. The Bertz CT molecular complexity index is 1260. The molecule has 2 heterocycles. The SMILES string of the molecule is O=C(CCSc1nc2ccccc2[nH]1)Nc1ccc(S(=O)(=O)Nc2ccccn2)cc1. The number of fused-ring (bicyclic) bond motifs is 1. The Kier molecular flexibility index (Phi) is 6.19. The first-order chi connectivity index (χ1) is 15.0. The van der Waals surface area contributed by atoms with Gasteiger partial charge in [0.05, 0.1) is 15.9 Å². The van der Waals surface area contributed by atoms with Crippen molar-refractivity contribution in [2.24, 2.45) is 0 Å². The van der Waals surface area contributed by atoms with Crippen LogP contribution < -0.4 is 10.0 Å². The molecule has 0 fully saturated rings. The number of aromatic nitrogens is 3. The van der Waals surface area contributed by atoms with E-state index in [1.54, 1.807) is 30.3 Å². The van der Waals surface area contributed by atoms with Crippen molar-refractivity contribution >= 4 is 50.2 Å². The Balaban J connectivity index is 1.29. The topological polar surface area (TPSA) is 117 Å². The van der Waals surface area contributed by atoms with Crippen molar-refractivity contribution in [3.8, 4) is 0 Å². The van der Waals surface area contributed by atoms with Crippen LogP contribution in [0.15, 0.2) is 83.0 Å². The summed E-state index contributed by atoms with van der Waals surface area (Å²) in [6.07, 6.45) is 1.80. The number of nitrogens with one attached hydrogen (secondary N) is 3. The quantitative estimate of drug-likeness (QED) is 0.349. The third kappa shape index (κ3) is 5.41. The Labute approximate surface area is 183 Å². The molecular formula is C21H19N5O3S2. The van der Waals surface area contributed by atoms with E-state index in [1.807, 2.05) is 24.3 Å². The summed E-state index contributed by atoms with van der Waals surface area (Å²) >= 11 is 1.47. The summed E-state index contributed by atoms with van der Waals surface area (Å²) in [6.45, 7) is 0. The zero-order valence-electron chi connectivity index (χ0n) is 16.3. The summed E-state index contributed by atoms with van der Waals surface area (Å²) < 4.78 is 27.3. The molecule has 8 nitrogen and oxygen atoms in total. The van der Waals surface area contributed by atoms with Gasteiger partial charge >= 0.3 is 0 Å². The molecule has 2 aromatic heterocycles. The number of sulfonamides is 1. The third-order valence-corrected chi connectivity index (χ3v) is 6.53. The van der Waals surface area contributed by atoms with Gasteiger partial charge in [-0.15, -0.1) is 0 Å². The number of nitrogens with zero attached hydrogens (tertiary/aromatic N) is 2. The molecule has 0 spiro atoms. The third-order valence-electron chi connectivity index (χ3n) is 4.29. The standard InChI is InChI=1S/C21H19N5O3S2/c27-20(12-14-30-21-24-17-5-1-2-6-18(17)25-21)23-15-8-10-16(11-9-15)31(28,29)26-19-7-3-4-13-22-19/h1-11,13H,12,14H2,(H,22,26)(H,23,27)(H,24,25). The van der Waals surface area contributed by atoms with Gasteiger partial charge < -0.3 is 10.3 Å². The van der Waals surface area contributed by atoms with E-state index in [4.69, 9.17) is 0 Å². The molecule has 0 aliphatic heterocycles. The first kappa shape index (κ1) is 20.9. The van der Waals surface area contributed by atoms with Crippen LogP contribution >= 0.6 is 11.8 Å². The number of carbonyl (C=O) groups is 1. The second-order valence-corrected chi connectivity index (χ2v) is 9.32. The van der Waals surface area contributed by atoms with Crippen molar-refractivity contribution in [2.75, 3.05) is 15.8 Å². The summed E-state index contributed by atoms with van der Waals surface area (Å²) in [4.78, 5) is 23.9. The van der Waals surface area contributed by atoms with E-state index in [9.17, 15) is 13.2 Å². The molecule has 31 heavy (non-hydrogen) atoms. The number of aromatic amines is 1. The van der Waals surface area contributed by atoms with E-state index >= 15 is 0 Å². The number of H-pyrrole nitrogens is 1. The lowest BCUT2D eigenvalue weighted by Gasteiger charge is -2.09. The van der Waals surface area contributed by atoms with E-state index in [1.165, 1.54) is 30.1 Å².